The molecule has 0 spiro atoms. The number of likely N-dealkylation sites (tertiary alicyclic amines) is 1. The second-order valence-electron chi connectivity index (χ2n) is 4.79. The number of nitrogens with zero attached hydrogens (tertiary/aromatic N) is 5. The molecule has 2 rings (SSSR count). The molecule has 1 aromatic heterocycles. The van der Waals surface area contributed by atoms with Gasteiger partial charge in [0.1, 0.15) is 6.10 Å². The molecule has 1 fully saturated rings. The predicted octanol–water partition coefficient (Wildman–Crippen LogP) is -0.00720. The van der Waals surface area contributed by atoms with E-state index in [1.165, 1.54) is 0 Å². The molecule has 7 nitrogen and oxygen atoms in total. The minimum Gasteiger partial charge on any atom is -0.460 e. The van der Waals surface area contributed by atoms with Crippen LogP contribution in [0.15, 0.2) is 0 Å². The number of hydrogen-bond donors (Lipinski definition) is 1. The highest BCUT2D eigenvalue weighted by Gasteiger charge is 2.19. The summed E-state index contributed by atoms with van der Waals surface area (Å²) < 4.78 is 5.78. The monoisotopic (exact) mass is 252 g/mol. The van der Waals surface area contributed by atoms with E-state index in [1.807, 2.05) is 14.1 Å². The van der Waals surface area contributed by atoms with E-state index in [1.54, 1.807) is 4.90 Å². The van der Waals surface area contributed by atoms with Crippen molar-refractivity contribution >= 4 is 11.9 Å². The van der Waals surface area contributed by atoms with Crippen molar-refractivity contribution in [3.8, 4) is 6.01 Å². The van der Waals surface area contributed by atoms with Gasteiger partial charge in [0.2, 0.25) is 11.9 Å². The van der Waals surface area contributed by atoms with Gasteiger partial charge in [0.05, 0.1) is 0 Å². The molecule has 0 aliphatic carbocycles. The summed E-state index contributed by atoms with van der Waals surface area (Å²) in [6.07, 6.45) is 2.14. The van der Waals surface area contributed by atoms with Crippen molar-refractivity contribution in [3.63, 3.8) is 0 Å². The zero-order valence-corrected chi connectivity index (χ0v) is 11.1. The van der Waals surface area contributed by atoms with Crippen LogP contribution in [0.4, 0.5) is 11.9 Å². The SMILES string of the molecule is CN1CCC(Oc2nc(N)nc(N(C)C)n2)CC1. The highest BCUT2D eigenvalue weighted by Crippen LogP contribution is 2.17. The van der Waals surface area contributed by atoms with E-state index in [-0.39, 0.29) is 12.1 Å². The maximum absolute atomic E-state index is 5.78. The van der Waals surface area contributed by atoms with Crippen molar-refractivity contribution in [3.05, 3.63) is 0 Å². The van der Waals surface area contributed by atoms with Gasteiger partial charge in [-0.1, -0.05) is 0 Å². The van der Waals surface area contributed by atoms with Gasteiger partial charge in [-0.3, -0.25) is 0 Å². The summed E-state index contributed by atoms with van der Waals surface area (Å²) in [4.78, 5) is 16.4. The van der Waals surface area contributed by atoms with Gasteiger partial charge < -0.3 is 20.3 Å². The highest BCUT2D eigenvalue weighted by atomic mass is 16.5. The fraction of sp³-hybridized carbons (Fsp3) is 0.727. The Hall–Kier alpha value is -1.63. The zero-order chi connectivity index (χ0) is 13.1. The van der Waals surface area contributed by atoms with Crippen LogP contribution < -0.4 is 15.4 Å². The fourth-order valence-corrected chi connectivity index (χ4v) is 1.87. The van der Waals surface area contributed by atoms with Crippen LogP contribution in [0.5, 0.6) is 6.01 Å². The maximum Gasteiger partial charge on any atom is 0.323 e. The van der Waals surface area contributed by atoms with Crippen molar-refractivity contribution in [2.75, 3.05) is 44.9 Å². The van der Waals surface area contributed by atoms with Crippen molar-refractivity contribution in [2.45, 2.75) is 18.9 Å². The number of nitrogens with two attached hydrogens (primary N) is 1. The number of anilines is 2. The molecule has 0 unspecified atom stereocenters. The Balaban J connectivity index is 2.04. The number of nitrogen functional groups attached to an aromatic ring is 1. The van der Waals surface area contributed by atoms with Crippen molar-refractivity contribution in [1.82, 2.24) is 19.9 Å². The molecule has 2 N–H and O–H groups in total. The molecule has 18 heavy (non-hydrogen) atoms. The molecule has 0 saturated carbocycles. The van der Waals surface area contributed by atoms with Crippen molar-refractivity contribution in [2.24, 2.45) is 0 Å². The molecule has 0 bridgehead atoms. The Morgan fingerprint density at radius 1 is 1.22 bits per heavy atom. The zero-order valence-electron chi connectivity index (χ0n) is 11.1. The van der Waals surface area contributed by atoms with E-state index in [0.29, 0.717) is 12.0 Å². The Morgan fingerprint density at radius 3 is 2.50 bits per heavy atom. The molecule has 0 amide bonds. The molecule has 1 saturated heterocycles. The molecular weight excluding hydrogens is 232 g/mol. The third-order valence-electron chi connectivity index (χ3n) is 2.96. The Kier molecular flexibility index (Phi) is 3.81. The second-order valence-corrected chi connectivity index (χ2v) is 4.79. The van der Waals surface area contributed by atoms with Gasteiger partial charge in [0.15, 0.2) is 0 Å². The van der Waals surface area contributed by atoms with Gasteiger partial charge in [0.25, 0.3) is 0 Å². The fourth-order valence-electron chi connectivity index (χ4n) is 1.87. The van der Waals surface area contributed by atoms with Crippen LogP contribution in [0.25, 0.3) is 0 Å². The lowest BCUT2D eigenvalue weighted by atomic mass is 10.1. The number of ether oxygens (including phenoxy) is 1. The van der Waals surface area contributed by atoms with Gasteiger partial charge in [-0.2, -0.15) is 15.0 Å². The van der Waals surface area contributed by atoms with E-state index in [9.17, 15) is 0 Å². The van der Waals surface area contributed by atoms with E-state index >= 15 is 0 Å². The lowest BCUT2D eigenvalue weighted by molar-refractivity contribution is 0.105. The number of hydrogen-bond acceptors (Lipinski definition) is 7. The quantitative estimate of drug-likeness (QED) is 0.810. The molecule has 0 atom stereocenters. The lowest BCUT2D eigenvalue weighted by Crippen LogP contribution is -2.36. The summed E-state index contributed by atoms with van der Waals surface area (Å²) in [5.74, 6) is 0.710. The van der Waals surface area contributed by atoms with E-state index in [0.717, 1.165) is 25.9 Å². The van der Waals surface area contributed by atoms with Gasteiger partial charge in [-0.15, -0.1) is 0 Å². The topological polar surface area (TPSA) is 80.4 Å². The molecule has 1 aromatic rings. The smallest absolute Gasteiger partial charge is 0.323 e. The predicted molar refractivity (Wildman–Crippen MR) is 69.7 cm³/mol. The van der Waals surface area contributed by atoms with E-state index < -0.39 is 0 Å². The first-order chi connectivity index (χ1) is 8.54. The summed E-state index contributed by atoms with van der Waals surface area (Å²) >= 11 is 0. The third-order valence-corrected chi connectivity index (χ3v) is 2.96. The van der Waals surface area contributed by atoms with Gasteiger partial charge in [0, 0.05) is 27.2 Å². The second kappa shape index (κ2) is 5.34. The summed E-state index contributed by atoms with van der Waals surface area (Å²) in [6.45, 7) is 2.07. The maximum atomic E-state index is 5.78. The van der Waals surface area contributed by atoms with Crippen LogP contribution in [-0.2, 0) is 0 Å². The first-order valence-electron chi connectivity index (χ1n) is 6.08. The van der Waals surface area contributed by atoms with Crippen LogP contribution >= 0.6 is 0 Å². The Labute approximate surface area is 107 Å². The van der Waals surface area contributed by atoms with E-state index in [4.69, 9.17) is 10.5 Å². The molecule has 2 heterocycles. The summed E-state index contributed by atoms with van der Waals surface area (Å²) in [5.41, 5.74) is 5.65. The molecular formula is C11H20N6O. The Morgan fingerprint density at radius 2 is 1.89 bits per heavy atom. The lowest BCUT2D eigenvalue weighted by Gasteiger charge is -2.28. The average Bonchev–Trinajstić information content (AvgIpc) is 2.31. The first kappa shape index (κ1) is 12.8. The van der Waals surface area contributed by atoms with Crippen LogP contribution in [0.3, 0.4) is 0 Å². The molecule has 1 aliphatic heterocycles. The van der Waals surface area contributed by atoms with Crippen LogP contribution in [-0.4, -0.2) is 60.2 Å². The van der Waals surface area contributed by atoms with Crippen LogP contribution in [0.2, 0.25) is 0 Å². The summed E-state index contributed by atoms with van der Waals surface area (Å²) in [5, 5.41) is 0. The molecule has 7 heteroatoms. The molecule has 0 aromatic carbocycles. The van der Waals surface area contributed by atoms with Crippen LogP contribution in [0, 0.1) is 0 Å². The van der Waals surface area contributed by atoms with E-state index in [2.05, 4.69) is 26.9 Å². The highest BCUT2D eigenvalue weighted by molar-refractivity contribution is 5.33. The first-order valence-corrected chi connectivity index (χ1v) is 6.08. The molecule has 100 valence electrons. The minimum atomic E-state index is 0.165. The molecule has 1 aliphatic rings. The number of aromatic nitrogens is 3. The average molecular weight is 252 g/mol. The molecule has 0 radical (unpaired) electrons. The number of piperidine rings is 1. The third kappa shape index (κ3) is 3.19. The van der Waals surface area contributed by atoms with Crippen LogP contribution in [0.1, 0.15) is 12.8 Å². The van der Waals surface area contributed by atoms with Crippen molar-refractivity contribution < 1.29 is 4.74 Å². The standard InChI is InChI=1S/C11H20N6O/c1-16(2)10-13-9(12)14-11(15-10)18-8-4-6-17(3)7-5-8/h8H,4-7H2,1-3H3,(H2,12,13,14,15). The number of rotatable bonds is 3. The normalized spacial score (nSPS) is 17.7. The largest absolute Gasteiger partial charge is 0.460 e. The summed E-state index contributed by atoms with van der Waals surface area (Å²) in [6, 6.07) is 0.320. The minimum absolute atomic E-state index is 0.165. The van der Waals surface area contributed by atoms with Gasteiger partial charge in [-0.05, 0) is 19.9 Å². The summed E-state index contributed by atoms with van der Waals surface area (Å²) in [7, 11) is 5.82. The van der Waals surface area contributed by atoms with Crippen molar-refractivity contribution in [1.29, 1.82) is 0 Å². The van der Waals surface area contributed by atoms with Gasteiger partial charge in [-0.25, -0.2) is 0 Å². The Bertz CT molecular complexity index is 403. The van der Waals surface area contributed by atoms with Gasteiger partial charge >= 0.3 is 6.01 Å².